The molecule has 0 saturated heterocycles. The van der Waals surface area contributed by atoms with Gasteiger partial charge in [0, 0.05) is 6.61 Å². The van der Waals surface area contributed by atoms with Crippen LogP contribution in [0.15, 0.2) is 55.1 Å². The lowest BCUT2D eigenvalue weighted by Crippen LogP contribution is -2.13. The molecule has 3 rings (SSSR count). The first-order valence-corrected chi connectivity index (χ1v) is 12.5. The lowest BCUT2D eigenvalue weighted by molar-refractivity contribution is -0.104. The Bertz CT molecular complexity index is 781. The number of aryl methyl sites for hydroxylation is 1. The molecule has 1 N–H and O–H groups in total. The van der Waals surface area contributed by atoms with Crippen LogP contribution in [0.3, 0.4) is 0 Å². The van der Waals surface area contributed by atoms with Gasteiger partial charge >= 0.3 is 0 Å². The molecule has 1 aliphatic rings. The van der Waals surface area contributed by atoms with Gasteiger partial charge in [0.15, 0.2) is 0 Å². The molecule has 0 spiro atoms. The molecule has 0 atom stereocenters. The number of methoxy groups -OCH3 is 1. The number of aldehydes is 1. The normalized spacial score (nSPS) is 17.0. The molecule has 0 aliphatic heterocycles. The molecular weight excluding hydrogens is 408 g/mol. The van der Waals surface area contributed by atoms with Crippen molar-refractivity contribution in [3.05, 3.63) is 66.2 Å². The molecule has 0 aromatic heterocycles. The van der Waals surface area contributed by atoms with Gasteiger partial charge in [0.2, 0.25) is 0 Å². The minimum absolute atomic E-state index is 0.250. The minimum Gasteiger partial charge on any atom is -0.497 e. The third-order valence-electron chi connectivity index (χ3n) is 6.29. The summed E-state index contributed by atoms with van der Waals surface area (Å²) in [4.78, 5) is 9.06. The molecule has 0 unspecified atom stereocenters. The SMILES string of the molecule is C=CC=O.CCCCCC1CCC(c2ccc(-c3ccc(OC)cc3C)cc2)CC1.CCO. The van der Waals surface area contributed by atoms with Gasteiger partial charge in [-0.25, -0.2) is 0 Å². The largest absolute Gasteiger partial charge is 0.497 e. The lowest BCUT2D eigenvalue weighted by Gasteiger charge is -2.29. The summed E-state index contributed by atoms with van der Waals surface area (Å²) < 4.78 is 5.32. The van der Waals surface area contributed by atoms with Crippen molar-refractivity contribution in [1.29, 1.82) is 0 Å². The molecule has 1 saturated carbocycles. The summed E-state index contributed by atoms with van der Waals surface area (Å²) in [5, 5.41) is 7.57. The fourth-order valence-electron chi connectivity index (χ4n) is 4.49. The Balaban J connectivity index is 0.000000688. The van der Waals surface area contributed by atoms with E-state index in [0.29, 0.717) is 6.29 Å². The maximum Gasteiger partial charge on any atom is 0.142 e. The predicted molar refractivity (Wildman–Crippen MR) is 141 cm³/mol. The summed E-state index contributed by atoms with van der Waals surface area (Å²) in [6, 6.07) is 15.7. The van der Waals surface area contributed by atoms with Gasteiger partial charge in [-0.15, -0.1) is 0 Å². The number of ether oxygens (including phenoxy) is 1. The van der Waals surface area contributed by atoms with Crippen LogP contribution in [0.4, 0.5) is 0 Å². The number of aliphatic hydroxyl groups is 1. The average molecular weight is 453 g/mol. The summed E-state index contributed by atoms with van der Waals surface area (Å²) in [5.41, 5.74) is 5.41. The van der Waals surface area contributed by atoms with Gasteiger partial charge in [0.05, 0.1) is 7.11 Å². The minimum atomic E-state index is 0.250. The van der Waals surface area contributed by atoms with Crippen LogP contribution in [-0.2, 0) is 4.79 Å². The van der Waals surface area contributed by atoms with E-state index in [2.05, 4.69) is 62.9 Å². The summed E-state index contributed by atoms with van der Waals surface area (Å²) >= 11 is 0. The van der Waals surface area contributed by atoms with Crippen molar-refractivity contribution in [1.82, 2.24) is 0 Å². The van der Waals surface area contributed by atoms with Crippen LogP contribution in [0.5, 0.6) is 5.75 Å². The van der Waals surface area contributed by atoms with Crippen LogP contribution in [0.1, 0.15) is 82.3 Å². The zero-order chi connectivity index (χ0) is 24.5. The van der Waals surface area contributed by atoms with Gasteiger partial charge in [-0.05, 0) is 91.8 Å². The quantitative estimate of drug-likeness (QED) is 0.251. The number of hydrogen-bond donors (Lipinski definition) is 1. The highest BCUT2D eigenvalue weighted by atomic mass is 16.5. The maximum atomic E-state index is 9.06. The first-order valence-electron chi connectivity index (χ1n) is 12.5. The number of carbonyl (C=O) groups is 1. The van der Waals surface area contributed by atoms with Gasteiger partial charge in [-0.1, -0.05) is 69.5 Å². The van der Waals surface area contributed by atoms with E-state index in [9.17, 15) is 0 Å². The lowest BCUT2D eigenvalue weighted by atomic mass is 9.77. The van der Waals surface area contributed by atoms with Crippen molar-refractivity contribution in [2.75, 3.05) is 13.7 Å². The van der Waals surface area contributed by atoms with Crippen LogP contribution < -0.4 is 4.74 Å². The smallest absolute Gasteiger partial charge is 0.142 e. The van der Waals surface area contributed by atoms with Crippen LogP contribution >= 0.6 is 0 Å². The summed E-state index contributed by atoms with van der Waals surface area (Å²) in [7, 11) is 1.72. The first-order chi connectivity index (χ1) is 16.0. The van der Waals surface area contributed by atoms with Crippen molar-refractivity contribution in [3.63, 3.8) is 0 Å². The average Bonchev–Trinajstić information content (AvgIpc) is 2.85. The molecule has 3 heteroatoms. The van der Waals surface area contributed by atoms with Crippen LogP contribution in [0.2, 0.25) is 0 Å². The number of aliphatic hydroxyl groups excluding tert-OH is 1. The fourth-order valence-corrected chi connectivity index (χ4v) is 4.49. The van der Waals surface area contributed by atoms with E-state index in [1.54, 1.807) is 14.0 Å². The first kappa shape index (κ1) is 28.6. The number of carbonyl (C=O) groups excluding carboxylic acids is 1. The van der Waals surface area contributed by atoms with Gasteiger partial charge in [-0.3, -0.25) is 4.79 Å². The molecular formula is C30H44O3. The molecule has 33 heavy (non-hydrogen) atoms. The zero-order valence-corrected chi connectivity index (χ0v) is 21.2. The molecule has 0 radical (unpaired) electrons. The highest BCUT2D eigenvalue weighted by Crippen LogP contribution is 2.38. The van der Waals surface area contributed by atoms with Crippen molar-refractivity contribution in [2.24, 2.45) is 5.92 Å². The van der Waals surface area contributed by atoms with Crippen molar-refractivity contribution in [2.45, 2.75) is 78.1 Å². The topological polar surface area (TPSA) is 46.5 Å². The van der Waals surface area contributed by atoms with E-state index in [-0.39, 0.29) is 6.61 Å². The monoisotopic (exact) mass is 452 g/mol. The number of hydrogen-bond acceptors (Lipinski definition) is 3. The molecule has 0 heterocycles. The summed E-state index contributed by atoms with van der Waals surface area (Å²) in [5.74, 6) is 2.68. The second kappa shape index (κ2) is 17.1. The molecule has 182 valence electrons. The van der Waals surface area contributed by atoms with Crippen molar-refractivity contribution >= 4 is 6.29 Å². The second-order valence-corrected chi connectivity index (χ2v) is 8.70. The number of unbranched alkanes of at least 4 members (excludes halogenated alkanes) is 2. The van der Waals surface area contributed by atoms with E-state index >= 15 is 0 Å². The highest BCUT2D eigenvalue weighted by molar-refractivity contribution is 5.68. The number of allylic oxidation sites excluding steroid dienone is 1. The van der Waals surface area contributed by atoms with Gasteiger partial charge < -0.3 is 9.84 Å². The molecule has 2 aromatic carbocycles. The highest BCUT2D eigenvalue weighted by Gasteiger charge is 2.22. The third kappa shape index (κ3) is 10.4. The van der Waals surface area contributed by atoms with E-state index in [1.807, 2.05) is 0 Å². The molecule has 0 bridgehead atoms. The Morgan fingerprint density at radius 2 is 1.64 bits per heavy atom. The van der Waals surface area contributed by atoms with E-state index in [1.165, 1.54) is 79.7 Å². The van der Waals surface area contributed by atoms with E-state index in [4.69, 9.17) is 14.6 Å². The molecule has 2 aromatic rings. The van der Waals surface area contributed by atoms with Crippen molar-refractivity contribution in [3.8, 4) is 16.9 Å². The van der Waals surface area contributed by atoms with E-state index < -0.39 is 0 Å². The standard InChI is InChI=1S/C25H34O.C3H4O.C2H6O/c1-4-5-6-7-20-8-10-21(11-9-20)22-12-14-23(15-13-22)25-17-16-24(26-3)18-19(25)2;1-2-3-4;1-2-3/h12-18,20-21H,4-11H2,1-3H3;2-3H,1H2;3H,2H2,1H3. The van der Waals surface area contributed by atoms with Crippen LogP contribution in [-0.4, -0.2) is 25.1 Å². The Hall–Kier alpha value is -2.39. The van der Waals surface area contributed by atoms with Crippen molar-refractivity contribution < 1.29 is 14.6 Å². The maximum absolute atomic E-state index is 9.06. The number of rotatable bonds is 8. The molecule has 1 fully saturated rings. The third-order valence-corrected chi connectivity index (χ3v) is 6.29. The van der Waals surface area contributed by atoms with Crippen LogP contribution in [0, 0.1) is 12.8 Å². The van der Waals surface area contributed by atoms with Gasteiger partial charge in [-0.2, -0.15) is 0 Å². The second-order valence-electron chi connectivity index (χ2n) is 8.70. The molecule has 0 amide bonds. The molecule has 3 nitrogen and oxygen atoms in total. The molecule has 1 aliphatic carbocycles. The van der Waals surface area contributed by atoms with Crippen LogP contribution in [0.25, 0.3) is 11.1 Å². The van der Waals surface area contributed by atoms with Gasteiger partial charge in [0.25, 0.3) is 0 Å². The Labute approximate surface area is 201 Å². The Morgan fingerprint density at radius 1 is 1.03 bits per heavy atom. The van der Waals surface area contributed by atoms with E-state index in [0.717, 1.165) is 17.6 Å². The summed E-state index contributed by atoms with van der Waals surface area (Å²) in [6.07, 6.45) is 13.1. The summed E-state index contributed by atoms with van der Waals surface area (Å²) in [6.45, 7) is 9.50. The zero-order valence-electron chi connectivity index (χ0n) is 21.2. The Kier molecular flexibility index (Phi) is 14.9. The Morgan fingerprint density at radius 3 is 2.12 bits per heavy atom. The van der Waals surface area contributed by atoms with Gasteiger partial charge in [0.1, 0.15) is 12.0 Å². The fraction of sp³-hybridized carbons (Fsp3) is 0.500. The predicted octanol–water partition coefficient (Wildman–Crippen LogP) is 7.89. The number of benzene rings is 2.